The van der Waals surface area contributed by atoms with Crippen molar-refractivity contribution in [3.8, 4) is 0 Å². The van der Waals surface area contributed by atoms with E-state index in [1.807, 2.05) is 30.0 Å². The third kappa shape index (κ3) is 3.05. The molecule has 4 heteroatoms. The minimum absolute atomic E-state index is 0.293. The number of hydrogen-bond donors (Lipinski definition) is 0. The van der Waals surface area contributed by atoms with Gasteiger partial charge in [0.2, 0.25) is 0 Å². The first-order chi connectivity index (χ1) is 8.02. The molecule has 0 unspecified atom stereocenters. The Bertz CT molecular complexity index is 433. The molecule has 0 amide bonds. The zero-order chi connectivity index (χ0) is 12.5. The summed E-state index contributed by atoms with van der Waals surface area (Å²) in [5.74, 6) is 1.15. The van der Waals surface area contributed by atoms with E-state index in [1.54, 1.807) is 0 Å². The second kappa shape index (κ2) is 5.02. The normalized spacial score (nSPS) is 19.1. The Morgan fingerprint density at radius 3 is 2.82 bits per heavy atom. The average molecular weight is 314 g/mol. The number of carbonyl (C=O) groups is 1. The van der Waals surface area contributed by atoms with Crippen LogP contribution in [0.1, 0.15) is 24.2 Å². The van der Waals surface area contributed by atoms with Crippen molar-refractivity contribution >= 4 is 39.7 Å². The number of hydrogen-bond acceptors (Lipinski definition) is 3. The lowest BCUT2D eigenvalue weighted by Crippen LogP contribution is -2.43. The number of halogens is 1. The van der Waals surface area contributed by atoms with Crippen LogP contribution in [-0.2, 0) is 0 Å². The smallest absolute Gasteiger partial charge is 0.150 e. The molecular weight excluding hydrogens is 298 g/mol. The van der Waals surface area contributed by atoms with E-state index >= 15 is 0 Å². The Morgan fingerprint density at radius 2 is 2.24 bits per heavy atom. The molecule has 1 fully saturated rings. The lowest BCUT2D eigenvalue weighted by Gasteiger charge is -2.39. The van der Waals surface area contributed by atoms with Crippen LogP contribution < -0.4 is 4.90 Å². The van der Waals surface area contributed by atoms with Crippen LogP contribution in [0.25, 0.3) is 0 Å². The summed E-state index contributed by atoms with van der Waals surface area (Å²) in [6, 6.07) is 5.79. The highest BCUT2D eigenvalue weighted by molar-refractivity contribution is 9.10. The number of benzene rings is 1. The number of anilines is 1. The summed E-state index contributed by atoms with van der Waals surface area (Å²) in [5, 5.41) is 0. The number of rotatable bonds is 2. The van der Waals surface area contributed by atoms with Crippen LogP contribution in [0.3, 0.4) is 0 Å². The van der Waals surface area contributed by atoms with Gasteiger partial charge in [-0.3, -0.25) is 4.79 Å². The molecule has 1 aliphatic heterocycles. The fraction of sp³-hybridized carbons (Fsp3) is 0.462. The highest BCUT2D eigenvalue weighted by Gasteiger charge is 2.27. The van der Waals surface area contributed by atoms with E-state index in [2.05, 4.69) is 34.7 Å². The second-order valence-corrected chi connectivity index (χ2v) is 7.51. The molecule has 0 aromatic heterocycles. The number of thioether (sulfide) groups is 1. The van der Waals surface area contributed by atoms with Gasteiger partial charge in [0.1, 0.15) is 6.29 Å². The van der Waals surface area contributed by atoms with Gasteiger partial charge in [0.25, 0.3) is 0 Å². The Morgan fingerprint density at radius 1 is 1.47 bits per heavy atom. The maximum Gasteiger partial charge on any atom is 0.150 e. The van der Waals surface area contributed by atoms with Gasteiger partial charge < -0.3 is 4.90 Å². The zero-order valence-electron chi connectivity index (χ0n) is 10.1. The van der Waals surface area contributed by atoms with Gasteiger partial charge in [0, 0.05) is 33.6 Å². The predicted molar refractivity (Wildman–Crippen MR) is 78.3 cm³/mol. The van der Waals surface area contributed by atoms with Gasteiger partial charge in [-0.2, -0.15) is 11.8 Å². The molecule has 0 atom stereocenters. The predicted octanol–water partition coefficient (Wildman–Crippen LogP) is 3.59. The van der Waals surface area contributed by atoms with Gasteiger partial charge in [0.05, 0.1) is 5.69 Å². The summed E-state index contributed by atoms with van der Waals surface area (Å²) < 4.78 is 1.30. The Kier molecular flexibility index (Phi) is 3.83. The van der Waals surface area contributed by atoms with Gasteiger partial charge in [0.15, 0.2) is 0 Å². The van der Waals surface area contributed by atoms with Crippen LogP contribution in [0.2, 0.25) is 0 Å². The Hall–Kier alpha value is -0.480. The van der Waals surface area contributed by atoms with Crippen molar-refractivity contribution in [1.29, 1.82) is 0 Å². The van der Waals surface area contributed by atoms with Crippen LogP contribution >= 0.6 is 27.7 Å². The molecule has 1 aromatic rings. The second-order valence-electron chi connectivity index (χ2n) is 4.86. The molecule has 0 aliphatic carbocycles. The maximum absolute atomic E-state index is 10.7. The van der Waals surface area contributed by atoms with Gasteiger partial charge in [-0.1, -0.05) is 0 Å². The molecule has 92 valence electrons. The molecule has 0 saturated carbocycles. The molecule has 1 aliphatic rings. The third-order valence-corrected chi connectivity index (χ3v) is 4.81. The Labute approximate surface area is 115 Å². The van der Waals surface area contributed by atoms with Crippen molar-refractivity contribution in [2.24, 2.45) is 0 Å². The highest BCUT2D eigenvalue weighted by atomic mass is 79.9. The lowest BCUT2D eigenvalue weighted by molar-refractivity contribution is 0.112. The molecule has 0 N–H and O–H groups in total. The average Bonchev–Trinajstić information content (AvgIpc) is 2.27. The van der Waals surface area contributed by atoms with Gasteiger partial charge in [-0.05, 0) is 48.0 Å². The van der Waals surface area contributed by atoms with E-state index in [0.717, 1.165) is 29.6 Å². The third-order valence-electron chi connectivity index (χ3n) is 2.87. The first-order valence-electron chi connectivity index (χ1n) is 5.65. The minimum atomic E-state index is 0.293. The molecule has 1 saturated heterocycles. The molecule has 17 heavy (non-hydrogen) atoms. The first-order valence-corrected chi connectivity index (χ1v) is 7.43. The zero-order valence-corrected chi connectivity index (χ0v) is 12.5. The monoisotopic (exact) mass is 313 g/mol. The summed E-state index contributed by atoms with van der Waals surface area (Å²) >= 11 is 5.57. The van der Waals surface area contributed by atoms with Gasteiger partial charge in [-0.15, -0.1) is 0 Å². The topological polar surface area (TPSA) is 20.3 Å². The fourth-order valence-electron chi connectivity index (χ4n) is 2.08. The van der Waals surface area contributed by atoms with Crippen molar-refractivity contribution in [2.75, 3.05) is 23.7 Å². The number of aldehydes is 1. The largest absolute Gasteiger partial charge is 0.368 e. The van der Waals surface area contributed by atoms with Crippen LogP contribution in [0, 0.1) is 0 Å². The molecule has 0 bridgehead atoms. The summed E-state index contributed by atoms with van der Waals surface area (Å²) in [6.07, 6.45) is 0.879. The minimum Gasteiger partial charge on any atom is -0.368 e. The van der Waals surface area contributed by atoms with E-state index < -0.39 is 0 Å². The van der Waals surface area contributed by atoms with Crippen molar-refractivity contribution < 1.29 is 4.79 Å². The molecule has 0 radical (unpaired) electrons. The van der Waals surface area contributed by atoms with E-state index in [4.69, 9.17) is 0 Å². The van der Waals surface area contributed by atoms with E-state index in [1.165, 1.54) is 5.69 Å². The van der Waals surface area contributed by atoms with Crippen LogP contribution in [-0.4, -0.2) is 29.9 Å². The molecule has 0 spiro atoms. The van der Waals surface area contributed by atoms with E-state index in [9.17, 15) is 4.79 Å². The summed E-state index contributed by atoms with van der Waals surface area (Å²) in [4.78, 5) is 13.1. The van der Waals surface area contributed by atoms with Crippen LogP contribution in [0.4, 0.5) is 5.69 Å². The summed E-state index contributed by atoms with van der Waals surface area (Å²) in [5.41, 5.74) is 1.90. The standard InChI is InChI=1S/C13H16BrNOS/c1-13(2)9-15(5-6-17-13)12-4-3-10(8-16)7-11(12)14/h3-4,7-8H,5-6,9H2,1-2H3. The summed E-state index contributed by atoms with van der Waals surface area (Å²) in [6.45, 7) is 6.65. The van der Waals surface area contributed by atoms with Crippen molar-refractivity contribution in [3.05, 3.63) is 28.2 Å². The molecule has 1 heterocycles. The number of nitrogens with zero attached hydrogens (tertiary/aromatic N) is 1. The van der Waals surface area contributed by atoms with Crippen LogP contribution in [0.5, 0.6) is 0 Å². The molecule has 1 aromatic carbocycles. The first kappa shape index (κ1) is 13.0. The van der Waals surface area contributed by atoms with E-state index in [-0.39, 0.29) is 0 Å². The van der Waals surface area contributed by atoms with Gasteiger partial charge >= 0.3 is 0 Å². The molecule has 2 nitrogen and oxygen atoms in total. The van der Waals surface area contributed by atoms with Crippen molar-refractivity contribution in [2.45, 2.75) is 18.6 Å². The van der Waals surface area contributed by atoms with Crippen molar-refractivity contribution in [1.82, 2.24) is 0 Å². The fourth-order valence-corrected chi connectivity index (χ4v) is 3.83. The van der Waals surface area contributed by atoms with Crippen LogP contribution in [0.15, 0.2) is 22.7 Å². The lowest BCUT2D eigenvalue weighted by atomic mass is 10.1. The highest BCUT2D eigenvalue weighted by Crippen LogP contribution is 2.35. The quantitative estimate of drug-likeness (QED) is 0.778. The molecular formula is C13H16BrNOS. The summed E-state index contributed by atoms with van der Waals surface area (Å²) in [7, 11) is 0. The van der Waals surface area contributed by atoms with Gasteiger partial charge in [-0.25, -0.2) is 0 Å². The van der Waals surface area contributed by atoms with E-state index in [0.29, 0.717) is 10.3 Å². The SMILES string of the molecule is CC1(C)CN(c2ccc(C=O)cc2Br)CCS1. The number of carbonyl (C=O) groups excluding carboxylic acids is 1. The van der Waals surface area contributed by atoms with Crippen molar-refractivity contribution in [3.63, 3.8) is 0 Å². The molecule has 2 rings (SSSR count). The Balaban J connectivity index is 2.25. The maximum atomic E-state index is 10.7.